The Hall–Kier alpha value is -2.57. The minimum Gasteiger partial charge on any atom is -0.505 e. The van der Waals surface area contributed by atoms with Gasteiger partial charge in [-0.3, -0.25) is 4.79 Å². The summed E-state index contributed by atoms with van der Waals surface area (Å²) >= 11 is 0. The molecule has 1 heterocycles. The first-order chi connectivity index (χ1) is 9.38. The summed E-state index contributed by atoms with van der Waals surface area (Å²) in [5.74, 6) is -1.01. The fourth-order valence-electron chi connectivity index (χ4n) is 1.50. The van der Waals surface area contributed by atoms with E-state index in [0.29, 0.717) is 0 Å². The summed E-state index contributed by atoms with van der Waals surface area (Å²) in [6.45, 7) is 0. The SMILES string of the molecule is O=C(Nc1ccc(C(F)(F)F)cc1)c1ncccc1O. The van der Waals surface area contributed by atoms with Gasteiger partial charge in [-0.1, -0.05) is 0 Å². The number of nitrogens with one attached hydrogen (secondary N) is 1. The summed E-state index contributed by atoms with van der Waals surface area (Å²) < 4.78 is 37.1. The molecular formula is C13H9F3N2O2. The first-order valence-electron chi connectivity index (χ1n) is 5.50. The Labute approximate surface area is 111 Å². The third-order valence-corrected chi connectivity index (χ3v) is 2.47. The van der Waals surface area contributed by atoms with Crippen molar-refractivity contribution < 1.29 is 23.1 Å². The number of carbonyl (C=O) groups is 1. The second-order valence-corrected chi connectivity index (χ2v) is 3.90. The van der Waals surface area contributed by atoms with Crippen molar-refractivity contribution in [3.05, 3.63) is 53.9 Å². The monoisotopic (exact) mass is 282 g/mol. The first-order valence-corrected chi connectivity index (χ1v) is 5.50. The lowest BCUT2D eigenvalue weighted by Gasteiger charge is -2.09. The fourth-order valence-corrected chi connectivity index (χ4v) is 1.50. The van der Waals surface area contributed by atoms with Crippen molar-refractivity contribution in [1.82, 2.24) is 4.98 Å². The Balaban J connectivity index is 2.15. The number of halogens is 3. The van der Waals surface area contributed by atoms with Crippen LogP contribution in [0.4, 0.5) is 18.9 Å². The smallest absolute Gasteiger partial charge is 0.416 e. The molecule has 2 rings (SSSR count). The van der Waals surface area contributed by atoms with Crippen LogP contribution in [-0.2, 0) is 6.18 Å². The molecule has 0 aliphatic carbocycles. The number of pyridine rings is 1. The highest BCUT2D eigenvalue weighted by Gasteiger charge is 2.30. The van der Waals surface area contributed by atoms with Crippen LogP contribution in [0.5, 0.6) is 5.75 Å². The molecule has 2 aromatic rings. The molecule has 0 aliphatic rings. The van der Waals surface area contributed by atoms with Crippen LogP contribution in [0.2, 0.25) is 0 Å². The summed E-state index contributed by atoms with van der Waals surface area (Å²) in [7, 11) is 0. The molecule has 0 atom stereocenters. The number of aromatic hydroxyl groups is 1. The van der Waals surface area contributed by atoms with Crippen LogP contribution in [0.15, 0.2) is 42.6 Å². The largest absolute Gasteiger partial charge is 0.505 e. The molecule has 4 nitrogen and oxygen atoms in total. The van der Waals surface area contributed by atoms with Crippen molar-refractivity contribution >= 4 is 11.6 Å². The van der Waals surface area contributed by atoms with Crippen LogP contribution in [0.25, 0.3) is 0 Å². The molecule has 104 valence electrons. The van der Waals surface area contributed by atoms with E-state index in [1.54, 1.807) is 0 Å². The van der Waals surface area contributed by atoms with Crippen molar-refractivity contribution in [2.24, 2.45) is 0 Å². The molecule has 1 aromatic heterocycles. The summed E-state index contributed by atoms with van der Waals surface area (Å²) in [6, 6.07) is 6.70. The molecule has 0 aliphatic heterocycles. The van der Waals surface area contributed by atoms with Crippen LogP contribution >= 0.6 is 0 Å². The van der Waals surface area contributed by atoms with Gasteiger partial charge in [-0.15, -0.1) is 0 Å². The van der Waals surface area contributed by atoms with Gasteiger partial charge in [-0.2, -0.15) is 13.2 Å². The van der Waals surface area contributed by atoms with Crippen molar-refractivity contribution in [2.45, 2.75) is 6.18 Å². The van der Waals surface area contributed by atoms with Gasteiger partial charge in [0.25, 0.3) is 5.91 Å². The van der Waals surface area contributed by atoms with Crippen molar-refractivity contribution in [2.75, 3.05) is 5.32 Å². The lowest BCUT2D eigenvalue weighted by molar-refractivity contribution is -0.137. The lowest BCUT2D eigenvalue weighted by Crippen LogP contribution is -2.14. The van der Waals surface area contributed by atoms with Crippen LogP contribution in [0, 0.1) is 0 Å². The van der Waals surface area contributed by atoms with E-state index in [4.69, 9.17) is 0 Å². The highest BCUT2D eigenvalue weighted by Crippen LogP contribution is 2.29. The highest BCUT2D eigenvalue weighted by atomic mass is 19.4. The molecule has 2 N–H and O–H groups in total. The van der Waals surface area contributed by atoms with Gasteiger partial charge in [0, 0.05) is 11.9 Å². The van der Waals surface area contributed by atoms with Crippen molar-refractivity contribution in [1.29, 1.82) is 0 Å². The van der Waals surface area contributed by atoms with Crippen molar-refractivity contribution in [3.8, 4) is 5.75 Å². The maximum atomic E-state index is 12.4. The summed E-state index contributed by atoms with van der Waals surface area (Å²) in [4.78, 5) is 15.5. The number of hydrogen-bond donors (Lipinski definition) is 2. The van der Waals surface area contributed by atoms with Gasteiger partial charge in [0.1, 0.15) is 5.75 Å². The van der Waals surface area contributed by atoms with Crippen LogP contribution in [0.3, 0.4) is 0 Å². The van der Waals surface area contributed by atoms with E-state index in [0.717, 1.165) is 24.3 Å². The summed E-state index contributed by atoms with van der Waals surface area (Å²) in [6.07, 6.45) is -3.11. The summed E-state index contributed by atoms with van der Waals surface area (Å²) in [5, 5.41) is 11.8. The molecule has 0 saturated heterocycles. The highest BCUT2D eigenvalue weighted by molar-refractivity contribution is 6.04. The van der Waals surface area contributed by atoms with E-state index in [1.165, 1.54) is 18.3 Å². The van der Waals surface area contributed by atoms with Gasteiger partial charge in [-0.05, 0) is 36.4 Å². The van der Waals surface area contributed by atoms with Crippen LogP contribution in [-0.4, -0.2) is 16.0 Å². The Kier molecular flexibility index (Phi) is 3.60. The molecule has 1 aromatic carbocycles. The third kappa shape index (κ3) is 3.05. The quantitative estimate of drug-likeness (QED) is 0.889. The number of aromatic nitrogens is 1. The summed E-state index contributed by atoms with van der Waals surface area (Å²) in [5.41, 5.74) is -0.836. The number of carbonyl (C=O) groups excluding carboxylic acids is 1. The zero-order valence-electron chi connectivity index (χ0n) is 9.98. The average molecular weight is 282 g/mol. The van der Waals surface area contributed by atoms with E-state index in [1.807, 2.05) is 0 Å². The molecular weight excluding hydrogens is 273 g/mol. The maximum absolute atomic E-state index is 12.4. The molecule has 0 bridgehead atoms. The zero-order valence-corrected chi connectivity index (χ0v) is 9.98. The Morgan fingerprint density at radius 2 is 1.80 bits per heavy atom. The second kappa shape index (κ2) is 5.20. The van der Waals surface area contributed by atoms with Crippen LogP contribution in [0.1, 0.15) is 16.1 Å². The van der Waals surface area contributed by atoms with E-state index >= 15 is 0 Å². The minimum absolute atomic E-state index is 0.174. The Bertz CT molecular complexity index is 624. The number of benzene rings is 1. The number of alkyl halides is 3. The third-order valence-electron chi connectivity index (χ3n) is 2.47. The Morgan fingerprint density at radius 3 is 2.35 bits per heavy atom. The molecule has 0 spiro atoms. The molecule has 0 saturated carbocycles. The normalized spacial score (nSPS) is 11.2. The number of anilines is 1. The van der Waals surface area contributed by atoms with Gasteiger partial charge in [0.05, 0.1) is 5.56 Å². The molecule has 0 unspecified atom stereocenters. The molecule has 7 heteroatoms. The predicted octanol–water partition coefficient (Wildman–Crippen LogP) is 3.06. The van der Waals surface area contributed by atoms with Crippen LogP contribution < -0.4 is 5.32 Å². The van der Waals surface area contributed by atoms with Gasteiger partial charge >= 0.3 is 6.18 Å². The maximum Gasteiger partial charge on any atom is 0.416 e. The molecule has 1 amide bonds. The van der Waals surface area contributed by atoms with Gasteiger partial charge in [0.15, 0.2) is 5.69 Å². The molecule has 20 heavy (non-hydrogen) atoms. The van der Waals surface area contributed by atoms with Gasteiger partial charge < -0.3 is 10.4 Å². The number of rotatable bonds is 2. The standard InChI is InChI=1S/C13H9F3N2O2/c14-13(15,16)8-3-5-9(6-4-8)18-12(20)11-10(19)2-1-7-17-11/h1-7,19H,(H,18,20). The van der Waals surface area contributed by atoms with E-state index in [2.05, 4.69) is 10.3 Å². The lowest BCUT2D eigenvalue weighted by atomic mass is 10.2. The van der Waals surface area contributed by atoms with Gasteiger partial charge in [-0.25, -0.2) is 4.98 Å². The topological polar surface area (TPSA) is 62.2 Å². The fraction of sp³-hybridized carbons (Fsp3) is 0.0769. The van der Waals surface area contributed by atoms with Gasteiger partial charge in [0.2, 0.25) is 0 Å². The first kappa shape index (κ1) is 13.9. The minimum atomic E-state index is -4.43. The molecule has 0 radical (unpaired) electrons. The van der Waals surface area contributed by atoms with E-state index in [-0.39, 0.29) is 17.1 Å². The zero-order chi connectivity index (χ0) is 14.8. The Morgan fingerprint density at radius 1 is 1.15 bits per heavy atom. The average Bonchev–Trinajstić information content (AvgIpc) is 2.38. The van der Waals surface area contributed by atoms with Crippen molar-refractivity contribution in [3.63, 3.8) is 0 Å². The number of amides is 1. The number of hydrogen-bond acceptors (Lipinski definition) is 3. The second-order valence-electron chi connectivity index (χ2n) is 3.90. The van der Waals surface area contributed by atoms with E-state index < -0.39 is 17.6 Å². The predicted molar refractivity (Wildman–Crippen MR) is 65.3 cm³/mol. The van der Waals surface area contributed by atoms with E-state index in [9.17, 15) is 23.1 Å². The molecule has 0 fully saturated rings. The number of nitrogens with zero attached hydrogens (tertiary/aromatic N) is 1.